The molecule has 2 amide bonds. The first kappa shape index (κ1) is 17.6. The largest absolute Gasteiger partial charge is 0.373 e. The number of likely N-dealkylation sites (tertiary alicyclic amines) is 1. The summed E-state index contributed by atoms with van der Waals surface area (Å²) in [5, 5.41) is 2.77. The van der Waals surface area contributed by atoms with E-state index >= 15 is 0 Å². The van der Waals surface area contributed by atoms with E-state index in [9.17, 15) is 9.59 Å². The van der Waals surface area contributed by atoms with Crippen LogP contribution in [0, 0.1) is 0 Å². The number of morpholine rings is 1. The monoisotopic (exact) mass is 338 g/mol. The zero-order chi connectivity index (χ0) is 17.1. The molecule has 3 rings (SSSR count). The summed E-state index contributed by atoms with van der Waals surface area (Å²) >= 11 is 0. The minimum absolute atomic E-state index is 0.0520. The van der Waals surface area contributed by atoms with Gasteiger partial charge in [-0.3, -0.25) is 19.4 Å². The summed E-state index contributed by atoms with van der Waals surface area (Å²) in [5.74, 6) is 0.0318. The van der Waals surface area contributed by atoms with E-state index in [1.54, 1.807) is 4.90 Å². The summed E-state index contributed by atoms with van der Waals surface area (Å²) in [5.41, 5.74) is 0. The minimum Gasteiger partial charge on any atom is -0.373 e. The Morgan fingerprint density at radius 2 is 2.00 bits per heavy atom. The molecule has 0 aromatic rings. The van der Waals surface area contributed by atoms with Gasteiger partial charge in [-0.1, -0.05) is 0 Å². The van der Waals surface area contributed by atoms with Crippen LogP contribution in [0.5, 0.6) is 0 Å². The van der Waals surface area contributed by atoms with Crippen LogP contribution >= 0.6 is 0 Å². The van der Waals surface area contributed by atoms with Crippen molar-refractivity contribution in [3.8, 4) is 0 Å². The third-order valence-electron chi connectivity index (χ3n) is 5.19. The van der Waals surface area contributed by atoms with Crippen molar-refractivity contribution in [2.75, 3.05) is 52.4 Å². The molecule has 3 heterocycles. The van der Waals surface area contributed by atoms with Crippen LogP contribution in [0.3, 0.4) is 0 Å². The zero-order valence-electron chi connectivity index (χ0n) is 14.9. The summed E-state index contributed by atoms with van der Waals surface area (Å²) in [6.07, 6.45) is 2.84. The van der Waals surface area contributed by atoms with Gasteiger partial charge in [-0.15, -0.1) is 0 Å². The van der Waals surface area contributed by atoms with E-state index in [2.05, 4.69) is 29.0 Å². The third-order valence-corrected chi connectivity index (χ3v) is 5.19. The molecule has 0 saturated carbocycles. The third kappa shape index (κ3) is 4.46. The number of piperazine rings is 1. The number of hydrogen-bond acceptors (Lipinski definition) is 5. The minimum atomic E-state index is -0.0520. The van der Waals surface area contributed by atoms with Crippen molar-refractivity contribution in [2.45, 2.75) is 44.9 Å². The predicted molar refractivity (Wildman–Crippen MR) is 90.6 cm³/mol. The highest BCUT2D eigenvalue weighted by atomic mass is 16.5. The summed E-state index contributed by atoms with van der Waals surface area (Å²) in [4.78, 5) is 30.4. The number of hydrogen-bond donors (Lipinski definition) is 1. The van der Waals surface area contributed by atoms with E-state index in [0.717, 1.165) is 39.0 Å². The molecule has 0 aromatic carbocycles. The van der Waals surface area contributed by atoms with Crippen molar-refractivity contribution in [1.29, 1.82) is 0 Å². The Morgan fingerprint density at radius 1 is 1.25 bits per heavy atom. The number of ether oxygens (including phenoxy) is 1. The van der Waals surface area contributed by atoms with Crippen LogP contribution < -0.4 is 5.32 Å². The van der Waals surface area contributed by atoms with E-state index in [4.69, 9.17) is 4.74 Å². The Kier molecular flexibility index (Phi) is 5.73. The molecule has 7 nitrogen and oxygen atoms in total. The first-order valence-electron chi connectivity index (χ1n) is 9.17. The molecule has 24 heavy (non-hydrogen) atoms. The van der Waals surface area contributed by atoms with Gasteiger partial charge in [0, 0.05) is 38.8 Å². The van der Waals surface area contributed by atoms with E-state index in [-0.39, 0.29) is 30.6 Å². The van der Waals surface area contributed by atoms with Gasteiger partial charge in [0.25, 0.3) is 0 Å². The fourth-order valence-electron chi connectivity index (χ4n) is 4.17. The molecule has 0 bridgehead atoms. The van der Waals surface area contributed by atoms with Crippen LogP contribution in [0.1, 0.15) is 26.7 Å². The topological polar surface area (TPSA) is 65.1 Å². The molecule has 0 spiro atoms. The van der Waals surface area contributed by atoms with Gasteiger partial charge in [-0.25, -0.2) is 0 Å². The highest BCUT2D eigenvalue weighted by molar-refractivity contribution is 5.86. The maximum absolute atomic E-state index is 12.5. The van der Waals surface area contributed by atoms with Gasteiger partial charge in [0.1, 0.15) is 0 Å². The molecule has 3 aliphatic rings. The zero-order valence-corrected chi connectivity index (χ0v) is 14.9. The van der Waals surface area contributed by atoms with Gasteiger partial charge >= 0.3 is 0 Å². The van der Waals surface area contributed by atoms with Crippen LogP contribution in [-0.4, -0.2) is 97.1 Å². The smallest absolute Gasteiger partial charge is 0.239 e. The fraction of sp³-hybridized carbons (Fsp3) is 0.882. The highest BCUT2D eigenvalue weighted by Crippen LogP contribution is 2.20. The number of nitrogens with zero attached hydrogens (tertiary/aromatic N) is 3. The van der Waals surface area contributed by atoms with Gasteiger partial charge in [0.05, 0.1) is 25.3 Å². The average molecular weight is 338 g/mol. The number of carbonyl (C=O) groups excluding carboxylic acids is 2. The Labute approximate surface area is 144 Å². The van der Waals surface area contributed by atoms with E-state index in [0.29, 0.717) is 25.7 Å². The van der Waals surface area contributed by atoms with Crippen molar-refractivity contribution < 1.29 is 14.3 Å². The summed E-state index contributed by atoms with van der Waals surface area (Å²) in [6.45, 7) is 10.0. The average Bonchev–Trinajstić information content (AvgIpc) is 2.93. The number of amides is 2. The lowest BCUT2D eigenvalue weighted by Crippen LogP contribution is -2.54. The molecular formula is C17H30N4O3. The highest BCUT2D eigenvalue weighted by Gasteiger charge is 2.32. The molecule has 0 aromatic heterocycles. The van der Waals surface area contributed by atoms with Gasteiger partial charge in [0.15, 0.2) is 0 Å². The SMILES string of the molecule is C[C@@H]1CN(C[C@@H]2CCCN2CC(=O)N2CCNC(=O)C2)C[C@H](C)O1. The first-order chi connectivity index (χ1) is 11.5. The van der Waals surface area contributed by atoms with E-state index in [1.165, 1.54) is 0 Å². The summed E-state index contributed by atoms with van der Waals surface area (Å²) in [7, 11) is 0. The fourth-order valence-corrected chi connectivity index (χ4v) is 4.17. The van der Waals surface area contributed by atoms with Crippen LogP contribution in [-0.2, 0) is 14.3 Å². The second-order valence-electron chi connectivity index (χ2n) is 7.41. The lowest BCUT2D eigenvalue weighted by atomic mass is 10.1. The van der Waals surface area contributed by atoms with Crippen molar-refractivity contribution in [2.24, 2.45) is 0 Å². The summed E-state index contributed by atoms with van der Waals surface area (Å²) < 4.78 is 5.81. The van der Waals surface area contributed by atoms with Gasteiger partial charge in [-0.05, 0) is 33.2 Å². The Hall–Kier alpha value is -1.18. The Balaban J connectivity index is 1.51. The van der Waals surface area contributed by atoms with Gasteiger partial charge < -0.3 is 15.0 Å². The molecular weight excluding hydrogens is 308 g/mol. The van der Waals surface area contributed by atoms with E-state index < -0.39 is 0 Å². The molecule has 3 saturated heterocycles. The Bertz CT molecular complexity index is 463. The predicted octanol–water partition coefficient (Wildman–Crippen LogP) is -0.482. The van der Waals surface area contributed by atoms with Crippen LogP contribution in [0.2, 0.25) is 0 Å². The molecule has 3 fully saturated rings. The van der Waals surface area contributed by atoms with Crippen LogP contribution in [0.4, 0.5) is 0 Å². The van der Waals surface area contributed by atoms with Crippen LogP contribution in [0.15, 0.2) is 0 Å². The molecule has 0 radical (unpaired) electrons. The first-order valence-corrected chi connectivity index (χ1v) is 9.17. The van der Waals surface area contributed by atoms with Crippen molar-refractivity contribution in [3.63, 3.8) is 0 Å². The van der Waals surface area contributed by atoms with E-state index in [1.807, 2.05) is 0 Å². The van der Waals surface area contributed by atoms with Crippen molar-refractivity contribution in [3.05, 3.63) is 0 Å². The molecule has 136 valence electrons. The second kappa shape index (κ2) is 7.80. The summed E-state index contributed by atoms with van der Waals surface area (Å²) in [6, 6.07) is 0.435. The molecule has 7 heteroatoms. The van der Waals surface area contributed by atoms with Crippen molar-refractivity contribution in [1.82, 2.24) is 20.0 Å². The molecule has 0 aliphatic carbocycles. The quantitative estimate of drug-likeness (QED) is 0.750. The molecule has 3 atom stereocenters. The van der Waals surface area contributed by atoms with Gasteiger partial charge in [-0.2, -0.15) is 0 Å². The lowest BCUT2D eigenvalue weighted by molar-refractivity contribution is -0.139. The molecule has 0 unspecified atom stereocenters. The maximum Gasteiger partial charge on any atom is 0.239 e. The number of carbonyl (C=O) groups is 2. The number of rotatable bonds is 4. The molecule has 3 aliphatic heterocycles. The van der Waals surface area contributed by atoms with Crippen LogP contribution in [0.25, 0.3) is 0 Å². The van der Waals surface area contributed by atoms with Crippen molar-refractivity contribution >= 4 is 11.8 Å². The van der Waals surface area contributed by atoms with Gasteiger partial charge in [0.2, 0.25) is 11.8 Å². The molecule has 1 N–H and O–H groups in total. The standard InChI is InChI=1S/C17H30N4O3/c1-13-8-19(9-14(2)24-13)10-15-4-3-6-20(15)12-17(23)21-7-5-18-16(22)11-21/h13-15H,3-12H2,1-2H3,(H,18,22)/t13-,14+,15-/m0/s1. The Morgan fingerprint density at radius 3 is 2.71 bits per heavy atom. The lowest BCUT2D eigenvalue weighted by Gasteiger charge is -2.38. The normalized spacial score (nSPS) is 32.8. The second-order valence-corrected chi connectivity index (χ2v) is 7.41. The number of nitrogens with one attached hydrogen (secondary N) is 1. The maximum atomic E-state index is 12.5.